The second-order valence-electron chi connectivity index (χ2n) is 2.70. The monoisotopic (exact) mass is 171 g/mol. The molecule has 0 radical (unpaired) electrons. The van der Waals surface area contributed by atoms with E-state index in [0.717, 1.165) is 26.1 Å². The van der Waals surface area contributed by atoms with Crippen molar-refractivity contribution >= 4 is 12.2 Å². The van der Waals surface area contributed by atoms with E-state index >= 15 is 0 Å². The lowest BCUT2D eigenvalue weighted by Gasteiger charge is -2.17. The summed E-state index contributed by atoms with van der Waals surface area (Å²) in [6.07, 6.45) is 3.64. The third-order valence-electron chi connectivity index (χ3n) is 1.73. The molecule has 1 rings (SSSR count). The molecule has 5 heteroatoms. The van der Waals surface area contributed by atoms with E-state index in [1.165, 1.54) is 0 Å². The van der Waals surface area contributed by atoms with E-state index in [2.05, 4.69) is 10.5 Å². The predicted molar refractivity (Wildman–Crippen MR) is 44.8 cm³/mol. The molecule has 2 amide bonds. The predicted octanol–water partition coefficient (Wildman–Crippen LogP) is 0.0671. The van der Waals surface area contributed by atoms with Crippen LogP contribution in [0.15, 0.2) is 5.10 Å². The molecular formula is C7H13N3O2. The first-order valence-corrected chi connectivity index (χ1v) is 3.95. The summed E-state index contributed by atoms with van der Waals surface area (Å²) in [5, 5.41) is 3.69. The molecule has 0 aromatic rings. The van der Waals surface area contributed by atoms with Gasteiger partial charge in [0.15, 0.2) is 0 Å². The Morgan fingerprint density at radius 1 is 1.58 bits per heavy atom. The third-order valence-corrected chi connectivity index (χ3v) is 1.73. The fourth-order valence-electron chi connectivity index (χ4n) is 1.07. The van der Waals surface area contributed by atoms with Gasteiger partial charge in [0.25, 0.3) is 0 Å². The number of hydrogen-bond acceptors (Lipinski definition) is 3. The van der Waals surface area contributed by atoms with Gasteiger partial charge >= 0.3 is 6.03 Å². The third kappa shape index (κ3) is 3.34. The number of carbonyl (C=O) groups excluding carboxylic acids is 1. The molecule has 0 bridgehead atoms. The largest absolute Gasteiger partial charge is 0.381 e. The quantitative estimate of drug-likeness (QED) is 0.455. The number of ether oxygens (including phenoxy) is 1. The first-order chi connectivity index (χ1) is 5.79. The fourth-order valence-corrected chi connectivity index (χ4v) is 1.07. The molecule has 1 fully saturated rings. The van der Waals surface area contributed by atoms with E-state index in [-0.39, 0.29) is 0 Å². The number of hydrazone groups is 1. The van der Waals surface area contributed by atoms with E-state index in [1.807, 2.05) is 0 Å². The van der Waals surface area contributed by atoms with Gasteiger partial charge in [0.1, 0.15) is 0 Å². The van der Waals surface area contributed by atoms with Crippen molar-refractivity contribution in [3.8, 4) is 0 Å². The maximum atomic E-state index is 10.2. The summed E-state index contributed by atoms with van der Waals surface area (Å²) in [6.45, 7) is 1.54. The van der Waals surface area contributed by atoms with Crippen LogP contribution in [0.3, 0.4) is 0 Å². The van der Waals surface area contributed by atoms with Crippen LogP contribution in [0.4, 0.5) is 4.79 Å². The molecule has 5 nitrogen and oxygen atoms in total. The molecular weight excluding hydrogens is 158 g/mol. The minimum absolute atomic E-state index is 0.408. The van der Waals surface area contributed by atoms with Gasteiger partial charge in [0.2, 0.25) is 0 Å². The highest BCUT2D eigenvalue weighted by Gasteiger charge is 2.10. The second-order valence-corrected chi connectivity index (χ2v) is 2.70. The van der Waals surface area contributed by atoms with E-state index in [4.69, 9.17) is 10.5 Å². The Kier molecular flexibility index (Phi) is 3.53. The molecule has 3 N–H and O–H groups in total. The van der Waals surface area contributed by atoms with Gasteiger partial charge in [0.05, 0.1) is 0 Å². The number of carbonyl (C=O) groups is 1. The Hall–Kier alpha value is -1.10. The molecule has 1 aliphatic rings. The average molecular weight is 171 g/mol. The summed E-state index contributed by atoms with van der Waals surface area (Å²) in [5.41, 5.74) is 6.98. The van der Waals surface area contributed by atoms with Crippen LogP contribution in [0.2, 0.25) is 0 Å². The molecule has 0 saturated carbocycles. The SMILES string of the molecule is NC(=O)N/N=C/C1CCOCC1. The number of rotatable bonds is 2. The van der Waals surface area contributed by atoms with Crippen molar-refractivity contribution in [3.05, 3.63) is 0 Å². The van der Waals surface area contributed by atoms with Crippen molar-refractivity contribution in [1.29, 1.82) is 0 Å². The van der Waals surface area contributed by atoms with Gasteiger partial charge in [-0.2, -0.15) is 5.10 Å². The summed E-state index contributed by atoms with van der Waals surface area (Å²) in [5.74, 6) is 0.408. The summed E-state index contributed by atoms with van der Waals surface area (Å²) in [6, 6.07) is -0.627. The maximum absolute atomic E-state index is 10.2. The molecule has 0 spiro atoms. The highest BCUT2D eigenvalue weighted by molar-refractivity contribution is 5.73. The minimum Gasteiger partial charge on any atom is -0.381 e. The first-order valence-electron chi connectivity index (χ1n) is 3.95. The van der Waals surface area contributed by atoms with Gasteiger partial charge in [-0.25, -0.2) is 10.2 Å². The lowest BCUT2D eigenvalue weighted by molar-refractivity contribution is 0.0837. The number of primary amides is 1. The number of urea groups is 1. The summed E-state index contributed by atoms with van der Waals surface area (Å²) in [4.78, 5) is 10.2. The lowest BCUT2D eigenvalue weighted by Crippen LogP contribution is -2.25. The van der Waals surface area contributed by atoms with Crippen molar-refractivity contribution < 1.29 is 9.53 Å². The number of nitrogens with zero attached hydrogens (tertiary/aromatic N) is 1. The number of nitrogens with two attached hydrogens (primary N) is 1. The van der Waals surface area contributed by atoms with Crippen LogP contribution in [0.5, 0.6) is 0 Å². The number of amides is 2. The van der Waals surface area contributed by atoms with Crippen LogP contribution in [-0.2, 0) is 4.74 Å². The Morgan fingerprint density at radius 2 is 2.25 bits per heavy atom. The summed E-state index contributed by atoms with van der Waals surface area (Å²) >= 11 is 0. The Balaban J connectivity index is 2.19. The highest BCUT2D eigenvalue weighted by atomic mass is 16.5. The fraction of sp³-hybridized carbons (Fsp3) is 0.714. The van der Waals surface area contributed by atoms with Crippen LogP contribution >= 0.6 is 0 Å². The topological polar surface area (TPSA) is 76.7 Å². The Labute approximate surface area is 71.0 Å². The van der Waals surface area contributed by atoms with Crippen molar-refractivity contribution in [2.75, 3.05) is 13.2 Å². The van der Waals surface area contributed by atoms with Crippen LogP contribution < -0.4 is 11.2 Å². The smallest absolute Gasteiger partial charge is 0.332 e. The summed E-state index contributed by atoms with van der Waals surface area (Å²) in [7, 11) is 0. The highest BCUT2D eigenvalue weighted by Crippen LogP contribution is 2.11. The van der Waals surface area contributed by atoms with E-state index in [0.29, 0.717) is 5.92 Å². The minimum atomic E-state index is -0.627. The summed E-state index contributed by atoms with van der Waals surface area (Å²) < 4.78 is 5.15. The van der Waals surface area contributed by atoms with E-state index in [1.54, 1.807) is 6.21 Å². The Bertz CT molecular complexity index is 175. The Morgan fingerprint density at radius 3 is 2.83 bits per heavy atom. The second kappa shape index (κ2) is 4.71. The molecule has 68 valence electrons. The lowest BCUT2D eigenvalue weighted by atomic mass is 10.0. The van der Waals surface area contributed by atoms with Gasteiger partial charge < -0.3 is 10.5 Å². The molecule has 12 heavy (non-hydrogen) atoms. The van der Waals surface area contributed by atoms with Crippen molar-refractivity contribution in [3.63, 3.8) is 0 Å². The molecule has 0 aliphatic carbocycles. The normalized spacial score (nSPS) is 19.7. The van der Waals surface area contributed by atoms with Gasteiger partial charge in [-0.3, -0.25) is 0 Å². The molecule has 0 aromatic carbocycles. The number of hydrogen-bond donors (Lipinski definition) is 2. The van der Waals surface area contributed by atoms with Crippen LogP contribution in [-0.4, -0.2) is 25.5 Å². The standard InChI is InChI=1S/C7H13N3O2/c8-7(11)10-9-5-6-1-3-12-4-2-6/h5-6H,1-4H2,(H3,8,10,11)/b9-5+. The van der Waals surface area contributed by atoms with Crippen molar-refractivity contribution in [1.82, 2.24) is 5.43 Å². The molecule has 0 aromatic heterocycles. The van der Waals surface area contributed by atoms with Crippen LogP contribution in [0.1, 0.15) is 12.8 Å². The first kappa shape index (κ1) is 8.99. The van der Waals surface area contributed by atoms with Gasteiger partial charge in [0, 0.05) is 25.3 Å². The van der Waals surface area contributed by atoms with Crippen LogP contribution in [0, 0.1) is 5.92 Å². The van der Waals surface area contributed by atoms with Crippen LogP contribution in [0.25, 0.3) is 0 Å². The zero-order chi connectivity index (χ0) is 8.81. The molecule has 0 unspecified atom stereocenters. The van der Waals surface area contributed by atoms with Gasteiger partial charge in [-0.15, -0.1) is 0 Å². The molecule has 1 aliphatic heterocycles. The molecule has 1 heterocycles. The van der Waals surface area contributed by atoms with Crippen molar-refractivity contribution in [2.45, 2.75) is 12.8 Å². The van der Waals surface area contributed by atoms with Gasteiger partial charge in [-0.1, -0.05) is 0 Å². The number of nitrogens with one attached hydrogen (secondary N) is 1. The average Bonchev–Trinajstić information content (AvgIpc) is 2.05. The van der Waals surface area contributed by atoms with E-state index in [9.17, 15) is 4.79 Å². The van der Waals surface area contributed by atoms with E-state index < -0.39 is 6.03 Å². The zero-order valence-corrected chi connectivity index (χ0v) is 6.82. The molecule has 1 saturated heterocycles. The maximum Gasteiger partial charge on any atom is 0.332 e. The van der Waals surface area contributed by atoms with Gasteiger partial charge in [-0.05, 0) is 12.8 Å². The zero-order valence-electron chi connectivity index (χ0n) is 6.82. The molecule has 0 atom stereocenters. The van der Waals surface area contributed by atoms with Crippen molar-refractivity contribution in [2.24, 2.45) is 16.8 Å².